The van der Waals surface area contributed by atoms with E-state index < -0.39 is 17.7 Å². The van der Waals surface area contributed by atoms with Crippen LogP contribution in [0.4, 0.5) is 5.69 Å². The lowest BCUT2D eigenvalue weighted by Gasteiger charge is -2.26. The second kappa shape index (κ2) is 10.7. The fraction of sp³-hybridized carbons (Fsp3) is 0.267. The first kappa shape index (κ1) is 25.0. The number of aliphatic hydroxyl groups is 1. The van der Waals surface area contributed by atoms with E-state index in [9.17, 15) is 14.7 Å². The maximum absolute atomic E-state index is 13.4. The van der Waals surface area contributed by atoms with Crippen molar-refractivity contribution < 1.29 is 24.2 Å². The van der Waals surface area contributed by atoms with Gasteiger partial charge in [0.25, 0.3) is 11.7 Å². The summed E-state index contributed by atoms with van der Waals surface area (Å²) in [4.78, 5) is 28.3. The monoisotopic (exact) mass is 485 g/mol. The molecule has 6 nitrogen and oxygen atoms in total. The van der Waals surface area contributed by atoms with Crippen molar-refractivity contribution in [1.29, 1.82) is 0 Å². The zero-order chi connectivity index (χ0) is 25.8. The molecule has 0 bridgehead atoms. The summed E-state index contributed by atoms with van der Waals surface area (Å²) in [5.41, 5.74) is 2.82. The molecule has 186 valence electrons. The number of amides is 1. The van der Waals surface area contributed by atoms with Gasteiger partial charge >= 0.3 is 0 Å². The lowest BCUT2D eigenvalue weighted by Crippen LogP contribution is -2.29. The second-order valence-corrected chi connectivity index (χ2v) is 8.88. The number of carbonyl (C=O) groups excluding carboxylic acids is 2. The number of ketones is 1. The Bertz CT molecular complexity index is 1290. The summed E-state index contributed by atoms with van der Waals surface area (Å²) < 4.78 is 11.2. The van der Waals surface area contributed by atoms with Crippen molar-refractivity contribution in [1.82, 2.24) is 0 Å². The first-order valence-corrected chi connectivity index (χ1v) is 12.2. The Morgan fingerprint density at radius 1 is 0.889 bits per heavy atom. The minimum absolute atomic E-state index is 0.0350. The number of anilines is 1. The molecule has 1 amide bonds. The van der Waals surface area contributed by atoms with Gasteiger partial charge in [-0.05, 0) is 55.2 Å². The molecule has 3 aromatic carbocycles. The van der Waals surface area contributed by atoms with Crippen LogP contribution in [0.5, 0.6) is 11.5 Å². The summed E-state index contributed by atoms with van der Waals surface area (Å²) >= 11 is 0. The van der Waals surface area contributed by atoms with E-state index >= 15 is 0 Å². The number of ether oxygens (including phenoxy) is 2. The molecular weight excluding hydrogens is 454 g/mol. The van der Waals surface area contributed by atoms with Gasteiger partial charge in [0.15, 0.2) is 0 Å². The third kappa shape index (κ3) is 4.85. The average Bonchev–Trinajstić information content (AvgIpc) is 3.14. The predicted molar refractivity (Wildman–Crippen MR) is 141 cm³/mol. The number of hydrogen-bond acceptors (Lipinski definition) is 5. The zero-order valence-electron chi connectivity index (χ0n) is 21.0. The van der Waals surface area contributed by atoms with Crippen LogP contribution in [-0.4, -0.2) is 30.0 Å². The standard InChI is InChI=1S/C30H31NO5/c1-5-35-24-11-7-9-22(17-24)28(32)26-27(21-15-13-20(14-16-21)19(3)4)31(30(34)29(26)33)23-10-8-12-25(18-23)36-6-2/h7-19,27,32H,5-6H2,1-4H3/b28-26+. The zero-order valence-corrected chi connectivity index (χ0v) is 21.0. The van der Waals surface area contributed by atoms with E-state index in [0.29, 0.717) is 41.9 Å². The molecule has 1 aliphatic rings. The van der Waals surface area contributed by atoms with Crippen molar-refractivity contribution in [2.75, 3.05) is 18.1 Å². The van der Waals surface area contributed by atoms with Gasteiger partial charge in [-0.15, -0.1) is 0 Å². The molecule has 0 aromatic heterocycles. The molecule has 1 unspecified atom stereocenters. The fourth-order valence-corrected chi connectivity index (χ4v) is 4.42. The lowest BCUT2D eigenvalue weighted by molar-refractivity contribution is -0.132. The Hall–Kier alpha value is -4.06. The third-order valence-electron chi connectivity index (χ3n) is 6.19. The number of rotatable bonds is 8. The Balaban J connectivity index is 1.90. The van der Waals surface area contributed by atoms with Gasteiger partial charge in [0, 0.05) is 17.3 Å². The van der Waals surface area contributed by atoms with Gasteiger partial charge in [-0.1, -0.05) is 56.3 Å². The largest absolute Gasteiger partial charge is 0.507 e. The van der Waals surface area contributed by atoms with Crippen molar-refractivity contribution >= 4 is 23.1 Å². The molecule has 6 heteroatoms. The number of Topliss-reactive ketones (excluding diaryl/α,β-unsaturated/α-hetero) is 1. The molecule has 3 aromatic rings. The Morgan fingerprint density at radius 3 is 2.11 bits per heavy atom. The van der Waals surface area contributed by atoms with Gasteiger partial charge in [0.2, 0.25) is 0 Å². The molecule has 1 saturated heterocycles. The third-order valence-corrected chi connectivity index (χ3v) is 6.19. The van der Waals surface area contributed by atoms with Gasteiger partial charge in [-0.3, -0.25) is 14.5 Å². The molecule has 0 aliphatic carbocycles. The van der Waals surface area contributed by atoms with Crippen molar-refractivity contribution in [2.24, 2.45) is 0 Å². The van der Waals surface area contributed by atoms with Gasteiger partial charge in [0.1, 0.15) is 17.3 Å². The first-order valence-electron chi connectivity index (χ1n) is 12.2. The van der Waals surface area contributed by atoms with Crippen LogP contribution in [0.3, 0.4) is 0 Å². The van der Waals surface area contributed by atoms with Crippen LogP contribution in [0.2, 0.25) is 0 Å². The lowest BCUT2D eigenvalue weighted by atomic mass is 9.93. The van der Waals surface area contributed by atoms with Crippen LogP contribution in [0.1, 0.15) is 56.3 Å². The van der Waals surface area contributed by atoms with Gasteiger partial charge < -0.3 is 14.6 Å². The molecule has 1 heterocycles. The van der Waals surface area contributed by atoms with Crippen molar-refractivity contribution in [3.63, 3.8) is 0 Å². The van der Waals surface area contributed by atoms with Crippen LogP contribution < -0.4 is 14.4 Å². The highest BCUT2D eigenvalue weighted by atomic mass is 16.5. The van der Waals surface area contributed by atoms with Crippen LogP contribution >= 0.6 is 0 Å². The highest BCUT2D eigenvalue weighted by Crippen LogP contribution is 2.43. The minimum Gasteiger partial charge on any atom is -0.507 e. The Kier molecular flexibility index (Phi) is 7.44. The highest BCUT2D eigenvalue weighted by molar-refractivity contribution is 6.51. The topological polar surface area (TPSA) is 76.1 Å². The normalized spacial score (nSPS) is 17.0. The van der Waals surface area contributed by atoms with E-state index in [-0.39, 0.29) is 11.3 Å². The Labute approximate surface area is 211 Å². The SMILES string of the molecule is CCOc1cccc(/C(O)=C2\C(=O)C(=O)N(c3cccc(OCC)c3)C2c2ccc(C(C)C)cc2)c1. The minimum atomic E-state index is -0.807. The number of aliphatic hydroxyl groups excluding tert-OH is 1. The maximum Gasteiger partial charge on any atom is 0.300 e. The van der Waals surface area contributed by atoms with E-state index in [1.807, 2.05) is 38.1 Å². The van der Waals surface area contributed by atoms with Crippen molar-refractivity contribution in [2.45, 2.75) is 39.7 Å². The number of hydrogen-bond donors (Lipinski definition) is 1. The quantitative estimate of drug-likeness (QED) is 0.232. The molecule has 1 N–H and O–H groups in total. The molecule has 1 atom stereocenters. The van der Waals surface area contributed by atoms with Crippen LogP contribution in [0.25, 0.3) is 5.76 Å². The van der Waals surface area contributed by atoms with Crippen molar-refractivity contribution in [3.8, 4) is 11.5 Å². The van der Waals surface area contributed by atoms with Gasteiger partial charge in [0.05, 0.1) is 24.8 Å². The van der Waals surface area contributed by atoms with Gasteiger partial charge in [-0.25, -0.2) is 0 Å². The predicted octanol–water partition coefficient (Wildman–Crippen LogP) is 6.23. The van der Waals surface area contributed by atoms with E-state index in [1.54, 1.807) is 48.5 Å². The first-order chi connectivity index (χ1) is 17.3. The van der Waals surface area contributed by atoms with E-state index in [1.165, 1.54) is 4.90 Å². The average molecular weight is 486 g/mol. The molecule has 36 heavy (non-hydrogen) atoms. The summed E-state index contributed by atoms with van der Waals surface area (Å²) in [6.07, 6.45) is 0. The highest BCUT2D eigenvalue weighted by Gasteiger charge is 2.47. The number of carbonyl (C=O) groups is 2. The summed E-state index contributed by atoms with van der Waals surface area (Å²) in [5, 5.41) is 11.4. The smallest absolute Gasteiger partial charge is 0.300 e. The van der Waals surface area contributed by atoms with E-state index in [2.05, 4.69) is 13.8 Å². The Morgan fingerprint density at radius 2 is 1.50 bits per heavy atom. The second-order valence-electron chi connectivity index (χ2n) is 8.88. The molecule has 1 aliphatic heterocycles. The summed E-state index contributed by atoms with van der Waals surface area (Å²) in [5.74, 6) is -0.197. The summed E-state index contributed by atoms with van der Waals surface area (Å²) in [6.45, 7) is 8.89. The van der Waals surface area contributed by atoms with Crippen LogP contribution in [0.15, 0.2) is 78.4 Å². The van der Waals surface area contributed by atoms with Crippen LogP contribution in [-0.2, 0) is 9.59 Å². The summed E-state index contributed by atoms with van der Waals surface area (Å²) in [6, 6.07) is 21.0. The molecule has 0 radical (unpaired) electrons. The summed E-state index contributed by atoms with van der Waals surface area (Å²) in [7, 11) is 0. The maximum atomic E-state index is 13.4. The van der Waals surface area contributed by atoms with Gasteiger partial charge in [-0.2, -0.15) is 0 Å². The van der Waals surface area contributed by atoms with Crippen molar-refractivity contribution in [3.05, 3.63) is 95.1 Å². The molecule has 1 fully saturated rings. The molecule has 4 rings (SSSR count). The molecule has 0 saturated carbocycles. The van der Waals surface area contributed by atoms with E-state index in [4.69, 9.17) is 9.47 Å². The molecular formula is C30H31NO5. The van der Waals surface area contributed by atoms with E-state index in [0.717, 1.165) is 11.1 Å². The number of benzene rings is 3. The molecule has 0 spiro atoms. The number of nitrogens with zero attached hydrogens (tertiary/aromatic N) is 1. The van der Waals surface area contributed by atoms with Crippen LogP contribution in [0, 0.1) is 0 Å². The fourth-order valence-electron chi connectivity index (χ4n) is 4.42.